The molecule has 2 bridgehead atoms. The van der Waals surface area contributed by atoms with Gasteiger partial charge in [-0.2, -0.15) is 0 Å². The van der Waals surface area contributed by atoms with Crippen LogP contribution < -0.4 is 17.1 Å². The van der Waals surface area contributed by atoms with Crippen molar-refractivity contribution in [3.05, 3.63) is 58.8 Å². The number of fused-ring (bicyclic) bond motifs is 4. The number of nitrogens with one attached hydrogen (secondary N) is 1. The molecule has 1 saturated heterocycles. The van der Waals surface area contributed by atoms with Gasteiger partial charge in [0.05, 0.1) is 16.7 Å². The number of benzene rings is 2. The third-order valence-corrected chi connectivity index (χ3v) is 9.07. The predicted molar refractivity (Wildman–Crippen MR) is 117 cm³/mol. The molecule has 2 aromatic carbocycles. The number of phenolic OH excluding ortho intramolecular Hbond substituents is 1. The van der Waals surface area contributed by atoms with E-state index < -0.39 is 11.0 Å². The second-order valence-electron chi connectivity index (χ2n) is 10.5. The van der Waals surface area contributed by atoms with Crippen LogP contribution in [0.2, 0.25) is 0 Å². The van der Waals surface area contributed by atoms with Crippen molar-refractivity contribution < 1.29 is 27.4 Å². The number of aromatic amines is 1. The first-order chi connectivity index (χ1) is 15.1. The molecule has 3 N–H and O–H groups in total. The zero-order valence-electron chi connectivity index (χ0n) is 17.8. The lowest BCUT2D eigenvalue weighted by atomic mass is 9.49. The molecule has 4 atom stereocenters. The highest BCUT2D eigenvalue weighted by Gasteiger charge is 2.72. The quantitative estimate of drug-likeness (QED) is 0.535. The molecular weight excluding hydrogens is 424 g/mol. The number of nitrogens with zero attached hydrogens (tertiary/aromatic N) is 1. The van der Waals surface area contributed by atoms with E-state index in [1.807, 2.05) is 6.07 Å². The van der Waals surface area contributed by atoms with Gasteiger partial charge in [-0.15, -0.1) is 0 Å². The number of hydrogen-bond donors (Lipinski definition) is 3. The largest absolute Gasteiger partial charge is 1.00 e. The van der Waals surface area contributed by atoms with E-state index >= 15 is 0 Å². The second kappa shape index (κ2) is 6.02. The van der Waals surface area contributed by atoms with Crippen LogP contribution in [-0.2, 0) is 18.3 Å². The number of aliphatic hydroxyl groups is 1. The van der Waals surface area contributed by atoms with Gasteiger partial charge >= 0.3 is 0 Å². The van der Waals surface area contributed by atoms with Crippen LogP contribution in [0.1, 0.15) is 47.8 Å². The van der Waals surface area contributed by atoms with Gasteiger partial charge in [0.25, 0.3) is 0 Å². The minimum Gasteiger partial charge on any atom is -1.00 e. The van der Waals surface area contributed by atoms with Crippen molar-refractivity contribution in [2.45, 2.75) is 55.3 Å². The van der Waals surface area contributed by atoms with E-state index in [2.05, 4.69) is 34.1 Å². The summed E-state index contributed by atoms with van der Waals surface area (Å²) in [6, 6.07) is 12.3. The zero-order valence-corrected chi connectivity index (χ0v) is 18.5. The summed E-state index contributed by atoms with van der Waals surface area (Å²) in [6.45, 7) is 2.07. The molecule has 2 fully saturated rings. The van der Waals surface area contributed by atoms with Crippen molar-refractivity contribution in [3.8, 4) is 11.5 Å². The first-order valence-electron chi connectivity index (χ1n) is 11.7. The van der Waals surface area contributed by atoms with Gasteiger partial charge in [0.15, 0.2) is 17.6 Å². The molecule has 6 heteroatoms. The molecule has 2 aliphatic heterocycles. The molecule has 0 amide bonds. The summed E-state index contributed by atoms with van der Waals surface area (Å²) in [5, 5.41) is 24.6. The Labute approximate surface area is 192 Å². The molecule has 5 aliphatic rings. The van der Waals surface area contributed by atoms with Gasteiger partial charge in [-0.05, 0) is 61.4 Å². The highest BCUT2D eigenvalue weighted by molar-refractivity contribution is 5.86. The number of ether oxygens (including phenoxy) is 1. The third-order valence-electron chi connectivity index (χ3n) is 9.07. The maximum atomic E-state index is 12.7. The molecule has 1 spiro atoms. The summed E-state index contributed by atoms with van der Waals surface area (Å²) in [6.07, 6.45) is 4.66. The normalized spacial score (nSPS) is 33.9. The fraction of sp³-hybridized carbons (Fsp3) is 0.462. The fourth-order valence-electron chi connectivity index (χ4n) is 7.57. The van der Waals surface area contributed by atoms with Crippen LogP contribution in [0.5, 0.6) is 11.5 Å². The minimum atomic E-state index is -0.908. The molecule has 5 nitrogen and oxygen atoms in total. The second-order valence-corrected chi connectivity index (χ2v) is 10.5. The summed E-state index contributed by atoms with van der Waals surface area (Å²) in [7, 11) is 0. The molecular formula is C26H26ClN2O3-. The van der Waals surface area contributed by atoms with Gasteiger partial charge in [0.2, 0.25) is 0 Å². The van der Waals surface area contributed by atoms with Crippen molar-refractivity contribution in [3.63, 3.8) is 0 Å². The highest BCUT2D eigenvalue weighted by atomic mass is 35.5. The Morgan fingerprint density at radius 3 is 2.84 bits per heavy atom. The average Bonchev–Trinajstić information content (AvgIpc) is 3.40. The number of phenols is 1. The monoisotopic (exact) mass is 449 g/mol. The Hall–Kier alpha value is -2.21. The molecule has 2 unspecified atom stereocenters. The molecule has 3 aliphatic carbocycles. The first-order valence-corrected chi connectivity index (χ1v) is 11.7. The summed E-state index contributed by atoms with van der Waals surface area (Å²) >= 11 is 0. The number of aromatic nitrogens is 1. The number of rotatable bonds is 2. The van der Waals surface area contributed by atoms with Crippen LogP contribution in [0.3, 0.4) is 0 Å². The van der Waals surface area contributed by atoms with Gasteiger partial charge in [0.1, 0.15) is 0 Å². The van der Waals surface area contributed by atoms with Crippen LogP contribution in [0.15, 0.2) is 36.4 Å². The van der Waals surface area contributed by atoms with Crippen molar-refractivity contribution in [2.75, 3.05) is 13.1 Å². The lowest BCUT2D eigenvalue weighted by molar-refractivity contribution is -0.173. The van der Waals surface area contributed by atoms with E-state index in [4.69, 9.17) is 4.74 Å². The van der Waals surface area contributed by atoms with Crippen LogP contribution in [0, 0.1) is 5.92 Å². The number of aromatic hydroxyl groups is 1. The van der Waals surface area contributed by atoms with Crippen LogP contribution in [-0.4, -0.2) is 44.8 Å². The van der Waals surface area contributed by atoms with E-state index in [1.54, 1.807) is 6.07 Å². The zero-order chi connectivity index (χ0) is 20.5. The van der Waals surface area contributed by atoms with Crippen molar-refractivity contribution in [1.82, 2.24) is 9.88 Å². The molecule has 3 aromatic rings. The highest BCUT2D eigenvalue weighted by Crippen LogP contribution is 2.69. The van der Waals surface area contributed by atoms with Crippen molar-refractivity contribution in [1.29, 1.82) is 0 Å². The molecule has 8 rings (SSSR count). The van der Waals surface area contributed by atoms with E-state index in [9.17, 15) is 10.2 Å². The Balaban J connectivity index is 0.00000180. The van der Waals surface area contributed by atoms with E-state index in [-0.39, 0.29) is 30.3 Å². The number of H-pyrrole nitrogens is 1. The Kier molecular flexibility index (Phi) is 3.62. The molecule has 3 heterocycles. The van der Waals surface area contributed by atoms with E-state index in [0.29, 0.717) is 12.2 Å². The molecule has 1 saturated carbocycles. The molecule has 32 heavy (non-hydrogen) atoms. The molecule has 166 valence electrons. The number of halogens is 1. The van der Waals surface area contributed by atoms with Crippen LogP contribution in [0.4, 0.5) is 0 Å². The molecule has 0 radical (unpaired) electrons. The number of para-hydroxylation sites is 1. The average molecular weight is 450 g/mol. The number of piperidine rings is 1. The van der Waals surface area contributed by atoms with Gasteiger partial charge < -0.3 is 32.3 Å². The van der Waals surface area contributed by atoms with Crippen molar-refractivity contribution >= 4 is 10.9 Å². The fourth-order valence-corrected chi connectivity index (χ4v) is 7.57. The number of hydrogen-bond acceptors (Lipinski definition) is 4. The topological polar surface area (TPSA) is 68.7 Å². The summed E-state index contributed by atoms with van der Waals surface area (Å²) < 4.78 is 6.60. The minimum absolute atomic E-state index is 0. The van der Waals surface area contributed by atoms with Gasteiger partial charge in [-0.25, -0.2) is 0 Å². The Bertz CT molecular complexity index is 1280. The van der Waals surface area contributed by atoms with Crippen LogP contribution >= 0.6 is 0 Å². The summed E-state index contributed by atoms with van der Waals surface area (Å²) in [5.74, 6) is 1.58. The SMILES string of the molecule is Oc1ccc2c3c1OC1c4[nH]c5ccccc5c4C[C@@]4(O)C(C2)N(CC2CC2)CC[C@]314.[Cl-]. The molecule has 1 aromatic heterocycles. The maximum Gasteiger partial charge on any atom is 0.166 e. The van der Waals surface area contributed by atoms with Crippen molar-refractivity contribution in [2.24, 2.45) is 5.92 Å². The van der Waals surface area contributed by atoms with E-state index in [0.717, 1.165) is 48.6 Å². The van der Waals surface area contributed by atoms with E-state index in [1.165, 1.54) is 29.4 Å². The van der Waals surface area contributed by atoms with Gasteiger partial charge in [0, 0.05) is 35.5 Å². The van der Waals surface area contributed by atoms with Gasteiger partial charge in [-0.3, -0.25) is 4.90 Å². The van der Waals surface area contributed by atoms with Crippen LogP contribution in [0.25, 0.3) is 10.9 Å². The standard InChI is InChI=1S/C26H26N2O3.ClH/c29-19-8-7-15-11-20-26(30)12-17-16-3-1-2-4-18(16)27-22(17)24-25(26,21(15)23(19)31-24)9-10-28(20)13-14-5-6-14;/h1-4,7-8,14,20,24,27,29-30H,5-6,9-13H2;1H/p-1/t20?,24?,25-,26+;/m0./s1. The van der Waals surface area contributed by atoms with Gasteiger partial charge in [-0.1, -0.05) is 24.3 Å². The Morgan fingerprint density at radius 1 is 1.16 bits per heavy atom. The number of likely N-dealkylation sites (tertiary alicyclic amines) is 1. The smallest absolute Gasteiger partial charge is 0.166 e. The lowest BCUT2D eigenvalue weighted by Gasteiger charge is -2.62. The lowest BCUT2D eigenvalue weighted by Crippen LogP contribution is -3.00. The summed E-state index contributed by atoms with van der Waals surface area (Å²) in [5.41, 5.74) is 4.27. The summed E-state index contributed by atoms with van der Waals surface area (Å²) in [4.78, 5) is 6.22. The predicted octanol–water partition coefficient (Wildman–Crippen LogP) is 0.577. The first kappa shape index (κ1) is 19.3. The Morgan fingerprint density at radius 2 is 2.00 bits per heavy atom. The maximum absolute atomic E-state index is 12.7. The third kappa shape index (κ3) is 2.04.